The summed E-state index contributed by atoms with van der Waals surface area (Å²) in [7, 11) is 0. The number of nitrogens with zero attached hydrogens (tertiary/aromatic N) is 1. The highest BCUT2D eigenvalue weighted by Crippen LogP contribution is 2.28. The van der Waals surface area contributed by atoms with Gasteiger partial charge in [0.2, 0.25) is 0 Å². The molecule has 1 heterocycles. The average molecular weight is 331 g/mol. The van der Waals surface area contributed by atoms with Gasteiger partial charge >= 0.3 is 6.18 Å². The Bertz CT molecular complexity index is 570. The number of nitrogens with one attached hydrogen (secondary N) is 1. The molecule has 0 spiro atoms. The third-order valence-corrected chi connectivity index (χ3v) is 2.90. The van der Waals surface area contributed by atoms with E-state index in [1.807, 2.05) is 24.3 Å². The Morgan fingerprint density at radius 3 is 2.53 bits per heavy atom. The van der Waals surface area contributed by atoms with Gasteiger partial charge in [0.15, 0.2) is 0 Å². The maximum atomic E-state index is 12.5. The molecular weight excluding hydrogens is 321 g/mol. The van der Waals surface area contributed by atoms with E-state index in [1.54, 1.807) is 0 Å². The van der Waals surface area contributed by atoms with Crippen molar-refractivity contribution >= 4 is 21.7 Å². The van der Waals surface area contributed by atoms with Crippen LogP contribution in [0.4, 0.5) is 19.0 Å². The quantitative estimate of drug-likeness (QED) is 0.897. The van der Waals surface area contributed by atoms with Crippen LogP contribution in [0.25, 0.3) is 0 Å². The van der Waals surface area contributed by atoms with E-state index in [9.17, 15) is 13.2 Å². The number of hydrogen-bond donors (Lipinski definition) is 1. The van der Waals surface area contributed by atoms with Crippen LogP contribution < -0.4 is 5.32 Å². The number of rotatable bonds is 3. The van der Waals surface area contributed by atoms with Crippen LogP contribution in [-0.2, 0) is 12.7 Å². The summed E-state index contributed by atoms with van der Waals surface area (Å²) in [6, 6.07) is 11.3. The van der Waals surface area contributed by atoms with Crippen molar-refractivity contribution in [2.45, 2.75) is 12.7 Å². The van der Waals surface area contributed by atoms with Crippen molar-refractivity contribution in [1.82, 2.24) is 4.98 Å². The molecule has 0 atom stereocenters. The molecular formula is C13H10BrF3N2. The highest BCUT2D eigenvalue weighted by molar-refractivity contribution is 9.10. The minimum absolute atomic E-state index is 0.204. The van der Waals surface area contributed by atoms with Crippen molar-refractivity contribution in [3.63, 3.8) is 0 Å². The molecule has 0 fully saturated rings. The SMILES string of the molecule is FC(F)(F)c1cccc(NCc2cccc(Br)c2)n1. The standard InChI is InChI=1S/C13H10BrF3N2/c14-10-4-1-3-9(7-10)8-18-12-6-2-5-11(19-12)13(15,16)17/h1-7H,8H2,(H,18,19). The Morgan fingerprint density at radius 1 is 1.11 bits per heavy atom. The molecule has 0 aliphatic carbocycles. The van der Waals surface area contributed by atoms with Gasteiger partial charge in [0, 0.05) is 11.0 Å². The first kappa shape index (κ1) is 13.9. The first-order valence-corrected chi connectivity index (χ1v) is 6.27. The van der Waals surface area contributed by atoms with Gasteiger partial charge in [-0.15, -0.1) is 0 Å². The third kappa shape index (κ3) is 3.96. The van der Waals surface area contributed by atoms with Gasteiger partial charge in [0.05, 0.1) is 0 Å². The van der Waals surface area contributed by atoms with Crippen molar-refractivity contribution in [3.05, 3.63) is 58.2 Å². The molecule has 2 rings (SSSR count). The zero-order valence-corrected chi connectivity index (χ0v) is 11.3. The number of halogens is 4. The molecule has 0 bridgehead atoms. The Kier molecular flexibility index (Phi) is 4.09. The number of benzene rings is 1. The Morgan fingerprint density at radius 2 is 1.84 bits per heavy atom. The van der Waals surface area contributed by atoms with Crippen LogP contribution in [0.1, 0.15) is 11.3 Å². The van der Waals surface area contributed by atoms with Crippen LogP contribution in [-0.4, -0.2) is 4.98 Å². The molecule has 0 unspecified atom stereocenters. The summed E-state index contributed by atoms with van der Waals surface area (Å²) in [5.41, 5.74) is 0.0559. The number of anilines is 1. The molecule has 1 aromatic carbocycles. The number of hydrogen-bond acceptors (Lipinski definition) is 2. The predicted molar refractivity (Wildman–Crippen MR) is 70.7 cm³/mol. The molecule has 0 amide bonds. The molecule has 6 heteroatoms. The zero-order valence-electron chi connectivity index (χ0n) is 9.71. The fraction of sp³-hybridized carbons (Fsp3) is 0.154. The molecule has 2 aromatic rings. The minimum atomic E-state index is -4.42. The summed E-state index contributed by atoms with van der Waals surface area (Å²) in [5, 5.41) is 2.87. The second-order valence-electron chi connectivity index (χ2n) is 3.89. The van der Waals surface area contributed by atoms with Crippen molar-refractivity contribution in [2.24, 2.45) is 0 Å². The second kappa shape index (κ2) is 5.61. The lowest BCUT2D eigenvalue weighted by Gasteiger charge is -2.09. The van der Waals surface area contributed by atoms with E-state index in [1.165, 1.54) is 12.1 Å². The second-order valence-corrected chi connectivity index (χ2v) is 4.80. The monoisotopic (exact) mass is 330 g/mol. The van der Waals surface area contributed by atoms with Crippen LogP contribution in [0, 0.1) is 0 Å². The molecule has 19 heavy (non-hydrogen) atoms. The molecule has 0 saturated carbocycles. The van der Waals surface area contributed by atoms with Crippen molar-refractivity contribution in [2.75, 3.05) is 5.32 Å². The smallest absolute Gasteiger partial charge is 0.366 e. The van der Waals surface area contributed by atoms with Crippen molar-refractivity contribution < 1.29 is 13.2 Å². The highest BCUT2D eigenvalue weighted by Gasteiger charge is 2.32. The Labute approximate surface area is 116 Å². The summed E-state index contributed by atoms with van der Waals surface area (Å²) < 4.78 is 38.4. The van der Waals surface area contributed by atoms with Gasteiger partial charge < -0.3 is 5.32 Å². The van der Waals surface area contributed by atoms with Gasteiger partial charge in [-0.2, -0.15) is 13.2 Å². The van der Waals surface area contributed by atoms with E-state index in [0.29, 0.717) is 6.54 Å². The molecule has 2 nitrogen and oxygen atoms in total. The fourth-order valence-electron chi connectivity index (χ4n) is 1.53. The van der Waals surface area contributed by atoms with Crippen LogP contribution in [0.3, 0.4) is 0 Å². The van der Waals surface area contributed by atoms with Crippen LogP contribution in [0.15, 0.2) is 46.9 Å². The molecule has 0 aliphatic heterocycles. The van der Waals surface area contributed by atoms with E-state index in [-0.39, 0.29) is 5.82 Å². The first-order chi connectivity index (χ1) is 8.95. The molecule has 1 aromatic heterocycles. The summed E-state index contributed by atoms with van der Waals surface area (Å²) in [6.07, 6.45) is -4.42. The molecule has 0 saturated heterocycles. The largest absolute Gasteiger partial charge is 0.433 e. The first-order valence-electron chi connectivity index (χ1n) is 5.48. The number of alkyl halides is 3. The molecule has 0 radical (unpaired) electrons. The van der Waals surface area contributed by atoms with Gasteiger partial charge in [-0.25, -0.2) is 4.98 Å². The minimum Gasteiger partial charge on any atom is -0.366 e. The van der Waals surface area contributed by atoms with E-state index in [0.717, 1.165) is 16.1 Å². The maximum absolute atomic E-state index is 12.5. The van der Waals surface area contributed by atoms with E-state index < -0.39 is 11.9 Å². The summed E-state index contributed by atoms with van der Waals surface area (Å²) in [6.45, 7) is 0.410. The van der Waals surface area contributed by atoms with Gasteiger partial charge in [-0.05, 0) is 29.8 Å². The van der Waals surface area contributed by atoms with Crippen molar-refractivity contribution in [1.29, 1.82) is 0 Å². The van der Waals surface area contributed by atoms with Gasteiger partial charge in [0.25, 0.3) is 0 Å². The Hall–Kier alpha value is -1.56. The van der Waals surface area contributed by atoms with E-state index in [4.69, 9.17) is 0 Å². The molecule has 0 aliphatic rings. The number of pyridine rings is 1. The number of aromatic nitrogens is 1. The lowest BCUT2D eigenvalue weighted by molar-refractivity contribution is -0.141. The van der Waals surface area contributed by atoms with Gasteiger partial charge in [0.1, 0.15) is 11.5 Å². The van der Waals surface area contributed by atoms with Crippen LogP contribution in [0.5, 0.6) is 0 Å². The van der Waals surface area contributed by atoms with E-state index >= 15 is 0 Å². The average Bonchev–Trinajstić information content (AvgIpc) is 2.36. The summed E-state index contributed by atoms with van der Waals surface area (Å²) >= 11 is 3.33. The highest BCUT2D eigenvalue weighted by atomic mass is 79.9. The van der Waals surface area contributed by atoms with E-state index in [2.05, 4.69) is 26.2 Å². The van der Waals surface area contributed by atoms with Gasteiger partial charge in [-0.1, -0.05) is 34.1 Å². The zero-order chi connectivity index (χ0) is 13.9. The topological polar surface area (TPSA) is 24.9 Å². The van der Waals surface area contributed by atoms with Crippen molar-refractivity contribution in [3.8, 4) is 0 Å². The Balaban J connectivity index is 2.08. The fourth-order valence-corrected chi connectivity index (χ4v) is 1.98. The maximum Gasteiger partial charge on any atom is 0.433 e. The predicted octanol–water partition coefficient (Wildman–Crippen LogP) is 4.48. The third-order valence-electron chi connectivity index (χ3n) is 2.40. The lowest BCUT2D eigenvalue weighted by Crippen LogP contribution is -2.10. The normalized spacial score (nSPS) is 11.4. The van der Waals surface area contributed by atoms with Crippen LogP contribution >= 0.6 is 15.9 Å². The molecule has 100 valence electrons. The van der Waals surface area contributed by atoms with Gasteiger partial charge in [-0.3, -0.25) is 0 Å². The molecule has 1 N–H and O–H groups in total. The summed E-state index contributed by atoms with van der Waals surface area (Å²) in [4.78, 5) is 3.53. The lowest BCUT2D eigenvalue weighted by atomic mass is 10.2. The van der Waals surface area contributed by atoms with Crippen LogP contribution in [0.2, 0.25) is 0 Å². The summed E-state index contributed by atoms with van der Waals surface area (Å²) in [5.74, 6) is 0.204.